The maximum Gasteiger partial charge on any atom is 0.240 e. The predicted molar refractivity (Wildman–Crippen MR) is 67.8 cm³/mol. The van der Waals surface area contributed by atoms with Gasteiger partial charge < -0.3 is 16.4 Å². The molecule has 17 heavy (non-hydrogen) atoms. The Morgan fingerprint density at radius 3 is 2.94 bits per heavy atom. The third-order valence-electron chi connectivity index (χ3n) is 2.97. The largest absolute Gasteiger partial charge is 0.396 e. The molecule has 1 unspecified atom stereocenters. The SMILES string of the molecule is NC(=O)C1CCCCN1c1ncc(Cl)cc1N. The zero-order valence-corrected chi connectivity index (χ0v) is 10.2. The Kier molecular flexibility index (Phi) is 3.38. The van der Waals surface area contributed by atoms with Crippen LogP contribution in [0.5, 0.6) is 0 Å². The molecule has 92 valence electrons. The minimum atomic E-state index is -0.333. The maximum atomic E-state index is 11.4. The molecule has 1 fully saturated rings. The maximum absolute atomic E-state index is 11.4. The third kappa shape index (κ3) is 2.44. The molecular formula is C11H15ClN4O. The molecule has 4 N–H and O–H groups in total. The molecule has 1 aliphatic rings. The summed E-state index contributed by atoms with van der Waals surface area (Å²) < 4.78 is 0. The average molecular weight is 255 g/mol. The van der Waals surface area contributed by atoms with E-state index in [4.69, 9.17) is 23.1 Å². The number of amides is 1. The van der Waals surface area contributed by atoms with E-state index in [0.717, 1.165) is 25.8 Å². The molecule has 2 heterocycles. The normalized spacial score (nSPS) is 20.3. The lowest BCUT2D eigenvalue weighted by Crippen LogP contribution is -2.48. The quantitative estimate of drug-likeness (QED) is 0.829. The average Bonchev–Trinajstić information content (AvgIpc) is 2.29. The minimum Gasteiger partial charge on any atom is -0.396 e. The van der Waals surface area contributed by atoms with Crippen molar-refractivity contribution in [1.29, 1.82) is 0 Å². The predicted octanol–water partition coefficient (Wildman–Crippen LogP) is 1.16. The fourth-order valence-corrected chi connectivity index (χ4v) is 2.33. The molecule has 0 spiro atoms. The Bertz CT molecular complexity index is 437. The van der Waals surface area contributed by atoms with E-state index in [1.54, 1.807) is 6.07 Å². The standard InChI is InChI=1S/C11H15ClN4O/c12-7-5-8(13)11(15-6-7)16-4-2-1-3-9(16)10(14)17/h5-6,9H,1-4,13H2,(H2,14,17). The monoisotopic (exact) mass is 254 g/mol. The van der Waals surface area contributed by atoms with Gasteiger partial charge in [0, 0.05) is 12.7 Å². The van der Waals surface area contributed by atoms with Crippen LogP contribution in [0.1, 0.15) is 19.3 Å². The first-order chi connectivity index (χ1) is 8.09. The van der Waals surface area contributed by atoms with Gasteiger partial charge >= 0.3 is 0 Å². The Hall–Kier alpha value is -1.49. The number of carbonyl (C=O) groups excluding carboxylic acids is 1. The van der Waals surface area contributed by atoms with Gasteiger partial charge in [-0.15, -0.1) is 0 Å². The number of primary amides is 1. The van der Waals surface area contributed by atoms with Crippen LogP contribution in [0.4, 0.5) is 11.5 Å². The molecule has 1 aromatic rings. The zero-order valence-electron chi connectivity index (χ0n) is 9.40. The second-order valence-electron chi connectivity index (χ2n) is 4.17. The van der Waals surface area contributed by atoms with Crippen molar-refractivity contribution < 1.29 is 4.79 Å². The number of pyridine rings is 1. The van der Waals surface area contributed by atoms with Crippen molar-refractivity contribution in [3.63, 3.8) is 0 Å². The van der Waals surface area contributed by atoms with E-state index in [1.807, 2.05) is 4.90 Å². The molecule has 1 atom stereocenters. The van der Waals surface area contributed by atoms with Crippen LogP contribution in [0.25, 0.3) is 0 Å². The van der Waals surface area contributed by atoms with E-state index < -0.39 is 0 Å². The summed E-state index contributed by atoms with van der Waals surface area (Å²) >= 11 is 5.80. The second-order valence-corrected chi connectivity index (χ2v) is 4.61. The summed E-state index contributed by atoms with van der Waals surface area (Å²) in [4.78, 5) is 17.5. The summed E-state index contributed by atoms with van der Waals surface area (Å²) in [5, 5.41) is 0.485. The number of carbonyl (C=O) groups is 1. The molecule has 0 bridgehead atoms. The van der Waals surface area contributed by atoms with E-state index >= 15 is 0 Å². The van der Waals surface area contributed by atoms with Gasteiger partial charge in [0.2, 0.25) is 5.91 Å². The highest BCUT2D eigenvalue weighted by molar-refractivity contribution is 6.30. The van der Waals surface area contributed by atoms with Gasteiger partial charge in [0.25, 0.3) is 0 Å². The van der Waals surface area contributed by atoms with E-state index in [-0.39, 0.29) is 11.9 Å². The van der Waals surface area contributed by atoms with Crippen LogP contribution < -0.4 is 16.4 Å². The van der Waals surface area contributed by atoms with Crippen LogP contribution in [0.3, 0.4) is 0 Å². The van der Waals surface area contributed by atoms with Crippen molar-refractivity contribution in [2.75, 3.05) is 17.2 Å². The molecule has 0 radical (unpaired) electrons. The number of piperidine rings is 1. The van der Waals surface area contributed by atoms with Gasteiger partial charge in [-0.2, -0.15) is 0 Å². The van der Waals surface area contributed by atoms with Gasteiger partial charge in [-0.05, 0) is 25.3 Å². The molecule has 6 heteroatoms. The third-order valence-corrected chi connectivity index (χ3v) is 3.17. The molecular weight excluding hydrogens is 240 g/mol. The van der Waals surface area contributed by atoms with Crippen molar-refractivity contribution in [2.24, 2.45) is 5.73 Å². The minimum absolute atomic E-state index is 0.320. The van der Waals surface area contributed by atoms with Crippen LogP contribution in [0.2, 0.25) is 5.02 Å². The number of nitrogen functional groups attached to an aromatic ring is 1. The number of hydrogen-bond donors (Lipinski definition) is 2. The molecule has 0 aliphatic carbocycles. The number of rotatable bonds is 2. The highest BCUT2D eigenvalue weighted by atomic mass is 35.5. The number of hydrogen-bond acceptors (Lipinski definition) is 4. The fourth-order valence-electron chi connectivity index (χ4n) is 2.17. The van der Waals surface area contributed by atoms with E-state index in [1.165, 1.54) is 6.20 Å². The Labute approximate surface area is 105 Å². The molecule has 1 saturated heterocycles. The van der Waals surface area contributed by atoms with Gasteiger partial charge in [0.1, 0.15) is 6.04 Å². The summed E-state index contributed by atoms with van der Waals surface area (Å²) in [7, 11) is 0. The van der Waals surface area contributed by atoms with Gasteiger partial charge in [-0.25, -0.2) is 4.98 Å². The van der Waals surface area contributed by atoms with E-state index in [9.17, 15) is 4.79 Å². The smallest absolute Gasteiger partial charge is 0.240 e. The number of halogens is 1. The van der Waals surface area contributed by atoms with Crippen molar-refractivity contribution in [1.82, 2.24) is 4.98 Å². The van der Waals surface area contributed by atoms with Crippen LogP contribution in [-0.4, -0.2) is 23.5 Å². The van der Waals surface area contributed by atoms with Crippen molar-refractivity contribution in [3.8, 4) is 0 Å². The van der Waals surface area contributed by atoms with E-state index in [0.29, 0.717) is 16.5 Å². The number of nitrogens with two attached hydrogens (primary N) is 2. The molecule has 2 rings (SSSR count). The molecule has 0 saturated carbocycles. The summed E-state index contributed by atoms with van der Waals surface area (Å²) in [6.07, 6.45) is 4.28. The van der Waals surface area contributed by atoms with Gasteiger partial charge in [0.05, 0.1) is 10.7 Å². The van der Waals surface area contributed by atoms with Crippen molar-refractivity contribution in [2.45, 2.75) is 25.3 Å². The van der Waals surface area contributed by atoms with E-state index in [2.05, 4.69) is 4.98 Å². The molecule has 1 amide bonds. The number of nitrogens with zero attached hydrogens (tertiary/aromatic N) is 2. The number of anilines is 2. The Morgan fingerprint density at radius 2 is 2.29 bits per heavy atom. The van der Waals surface area contributed by atoms with Crippen LogP contribution in [0, 0.1) is 0 Å². The van der Waals surface area contributed by atoms with Crippen LogP contribution in [0.15, 0.2) is 12.3 Å². The summed E-state index contributed by atoms with van der Waals surface area (Å²) in [6, 6.07) is 1.32. The topological polar surface area (TPSA) is 85.2 Å². The highest BCUT2D eigenvalue weighted by Crippen LogP contribution is 2.29. The van der Waals surface area contributed by atoms with Gasteiger partial charge in [-0.1, -0.05) is 11.6 Å². The fraction of sp³-hybridized carbons (Fsp3) is 0.455. The molecule has 1 aliphatic heterocycles. The summed E-state index contributed by atoms with van der Waals surface area (Å²) in [5.41, 5.74) is 11.8. The van der Waals surface area contributed by atoms with Gasteiger partial charge in [0.15, 0.2) is 5.82 Å². The molecule has 5 nitrogen and oxygen atoms in total. The lowest BCUT2D eigenvalue weighted by atomic mass is 10.0. The van der Waals surface area contributed by atoms with Crippen LogP contribution in [-0.2, 0) is 4.79 Å². The first-order valence-electron chi connectivity index (χ1n) is 5.56. The second kappa shape index (κ2) is 4.79. The number of aromatic nitrogens is 1. The summed E-state index contributed by atoms with van der Waals surface area (Å²) in [6.45, 7) is 0.742. The van der Waals surface area contributed by atoms with Crippen LogP contribution >= 0.6 is 11.6 Å². The van der Waals surface area contributed by atoms with Gasteiger partial charge in [-0.3, -0.25) is 4.79 Å². The Morgan fingerprint density at radius 1 is 1.53 bits per heavy atom. The van der Waals surface area contributed by atoms with Crippen molar-refractivity contribution in [3.05, 3.63) is 17.3 Å². The molecule has 0 aromatic carbocycles. The summed E-state index contributed by atoms with van der Waals surface area (Å²) in [5.74, 6) is 0.263. The Balaban J connectivity index is 2.32. The lowest BCUT2D eigenvalue weighted by Gasteiger charge is -2.35. The zero-order chi connectivity index (χ0) is 12.4. The molecule has 1 aromatic heterocycles. The first-order valence-corrected chi connectivity index (χ1v) is 5.94. The first kappa shape index (κ1) is 12.0. The highest BCUT2D eigenvalue weighted by Gasteiger charge is 2.28. The van der Waals surface area contributed by atoms with Crippen molar-refractivity contribution >= 4 is 29.0 Å². The lowest BCUT2D eigenvalue weighted by molar-refractivity contribution is -0.119.